The lowest BCUT2D eigenvalue weighted by Crippen LogP contribution is -2.30. The van der Waals surface area contributed by atoms with Crippen molar-refractivity contribution in [2.45, 2.75) is 438 Å². The van der Waals surface area contributed by atoms with Gasteiger partial charge in [0.05, 0.1) is 26.4 Å². The lowest BCUT2D eigenvalue weighted by molar-refractivity contribution is -0.161. The van der Waals surface area contributed by atoms with Crippen LogP contribution in [0.5, 0.6) is 0 Å². The van der Waals surface area contributed by atoms with Crippen molar-refractivity contribution in [2.24, 2.45) is 5.92 Å². The number of aliphatic hydroxyl groups is 1. The Morgan fingerprint density at radius 3 is 0.694 bits per heavy atom. The highest BCUT2D eigenvalue weighted by atomic mass is 31.2. The Morgan fingerprint density at radius 1 is 0.276 bits per heavy atom. The maximum absolute atomic E-state index is 13.1. The molecule has 0 aromatic carbocycles. The molecule has 0 rings (SSSR count). The Kier molecular flexibility index (Phi) is 70.6. The van der Waals surface area contributed by atoms with Crippen molar-refractivity contribution >= 4 is 39.5 Å². The largest absolute Gasteiger partial charge is 0.472 e. The standard InChI is InChI=1S/C79H154O17P2/c1-6-9-12-15-18-21-24-27-29-30-31-32-35-38-44-49-54-59-64-78(83)95-74(68-90-77(82)63-58-53-48-43-37-34-28-25-22-19-16-13-10-7-2)70-93-97(85,86)91-66-73(80)67-92-98(87,88)94-71-75(96-79(84)65-60-55-50-45-40-39-41-46-51-56-61-72(4)5)69-89-76(81)62-57-52-47-42-36-33-26-23-20-17-14-11-8-3/h72-75,80H,6-71H2,1-5H3,(H,85,86)(H,87,88)/t73-,74-,75-/m1/s1. The van der Waals surface area contributed by atoms with E-state index in [-0.39, 0.29) is 25.7 Å². The minimum atomic E-state index is -4.96. The zero-order valence-corrected chi connectivity index (χ0v) is 65.7. The topological polar surface area (TPSA) is 237 Å². The zero-order valence-electron chi connectivity index (χ0n) is 63.9. The number of carbonyl (C=O) groups is 4. The normalized spacial score (nSPS) is 13.9. The Morgan fingerprint density at radius 2 is 0.469 bits per heavy atom. The van der Waals surface area contributed by atoms with E-state index < -0.39 is 97.5 Å². The number of hydrogen-bond acceptors (Lipinski definition) is 15. The van der Waals surface area contributed by atoms with Gasteiger partial charge in [0.1, 0.15) is 19.3 Å². The van der Waals surface area contributed by atoms with Gasteiger partial charge in [0.2, 0.25) is 0 Å². The summed E-state index contributed by atoms with van der Waals surface area (Å²) in [6.45, 7) is 7.32. The van der Waals surface area contributed by atoms with E-state index >= 15 is 0 Å². The molecule has 0 fully saturated rings. The lowest BCUT2D eigenvalue weighted by atomic mass is 10.0. The molecule has 0 radical (unpaired) electrons. The third-order valence-corrected chi connectivity index (χ3v) is 20.4. The van der Waals surface area contributed by atoms with Crippen LogP contribution >= 0.6 is 15.6 Å². The van der Waals surface area contributed by atoms with Gasteiger partial charge in [0.25, 0.3) is 0 Å². The van der Waals surface area contributed by atoms with E-state index in [1.807, 2.05) is 0 Å². The van der Waals surface area contributed by atoms with E-state index in [1.165, 1.54) is 244 Å². The van der Waals surface area contributed by atoms with Crippen molar-refractivity contribution in [3.05, 3.63) is 0 Å². The van der Waals surface area contributed by atoms with Crippen LogP contribution in [0.3, 0.4) is 0 Å². The first kappa shape index (κ1) is 96.1. The first-order valence-corrected chi connectivity index (χ1v) is 44.1. The minimum absolute atomic E-state index is 0.107. The van der Waals surface area contributed by atoms with Gasteiger partial charge in [-0.15, -0.1) is 0 Å². The molecule has 0 aromatic rings. The molecule has 0 saturated carbocycles. The number of phosphoric acid groups is 2. The molecule has 0 saturated heterocycles. The number of unbranched alkanes of at least 4 members (excludes halogenated alkanes) is 51. The summed E-state index contributed by atoms with van der Waals surface area (Å²) in [5, 5.41) is 10.6. The number of rotatable bonds is 79. The Labute approximate surface area is 600 Å². The Bertz CT molecular complexity index is 1870. The molecule has 19 heteroatoms. The van der Waals surface area contributed by atoms with Crippen molar-refractivity contribution in [1.82, 2.24) is 0 Å². The molecular weight excluding hydrogens is 1280 g/mol. The van der Waals surface area contributed by atoms with Gasteiger partial charge >= 0.3 is 39.5 Å². The van der Waals surface area contributed by atoms with Crippen LogP contribution in [-0.4, -0.2) is 96.7 Å². The number of phosphoric ester groups is 2. The molecule has 0 amide bonds. The summed E-state index contributed by atoms with van der Waals surface area (Å²) in [6, 6.07) is 0. The van der Waals surface area contributed by atoms with Crippen molar-refractivity contribution in [3.8, 4) is 0 Å². The van der Waals surface area contributed by atoms with Gasteiger partial charge in [-0.3, -0.25) is 37.3 Å². The second kappa shape index (κ2) is 72.0. The van der Waals surface area contributed by atoms with Crippen LogP contribution in [0.15, 0.2) is 0 Å². The van der Waals surface area contributed by atoms with Gasteiger partial charge in [0, 0.05) is 25.7 Å². The van der Waals surface area contributed by atoms with Gasteiger partial charge in [-0.2, -0.15) is 0 Å². The monoisotopic (exact) mass is 1440 g/mol. The van der Waals surface area contributed by atoms with Gasteiger partial charge in [-0.25, -0.2) is 9.13 Å². The predicted molar refractivity (Wildman–Crippen MR) is 400 cm³/mol. The van der Waals surface area contributed by atoms with Crippen LogP contribution in [0, 0.1) is 5.92 Å². The second-order valence-corrected chi connectivity index (χ2v) is 31.8. The summed E-state index contributed by atoms with van der Waals surface area (Å²) in [7, 11) is -9.92. The highest BCUT2D eigenvalue weighted by molar-refractivity contribution is 7.47. The Hall–Kier alpha value is -1.94. The van der Waals surface area contributed by atoms with E-state index in [9.17, 15) is 43.2 Å². The minimum Gasteiger partial charge on any atom is -0.462 e. The third kappa shape index (κ3) is 72.4. The maximum Gasteiger partial charge on any atom is 0.472 e. The van der Waals surface area contributed by atoms with Gasteiger partial charge < -0.3 is 33.8 Å². The van der Waals surface area contributed by atoms with E-state index in [0.29, 0.717) is 25.7 Å². The van der Waals surface area contributed by atoms with Gasteiger partial charge in [-0.1, -0.05) is 369 Å². The summed E-state index contributed by atoms with van der Waals surface area (Å²) in [4.78, 5) is 73.0. The summed E-state index contributed by atoms with van der Waals surface area (Å²) >= 11 is 0. The molecule has 0 aliphatic carbocycles. The van der Waals surface area contributed by atoms with E-state index in [1.54, 1.807) is 0 Å². The smallest absolute Gasteiger partial charge is 0.462 e. The first-order valence-electron chi connectivity index (χ1n) is 41.1. The van der Waals surface area contributed by atoms with Crippen LogP contribution in [0.25, 0.3) is 0 Å². The third-order valence-electron chi connectivity index (χ3n) is 18.5. The van der Waals surface area contributed by atoms with Crippen molar-refractivity contribution < 1.29 is 80.2 Å². The fraction of sp³-hybridized carbons (Fsp3) is 0.949. The number of aliphatic hydroxyl groups excluding tert-OH is 1. The van der Waals surface area contributed by atoms with Crippen LogP contribution in [0.2, 0.25) is 0 Å². The van der Waals surface area contributed by atoms with Crippen LogP contribution in [-0.2, 0) is 65.4 Å². The van der Waals surface area contributed by atoms with Crippen molar-refractivity contribution in [1.29, 1.82) is 0 Å². The summed E-state index contributed by atoms with van der Waals surface area (Å²) in [5.74, 6) is -1.35. The summed E-state index contributed by atoms with van der Waals surface area (Å²) < 4.78 is 68.7. The van der Waals surface area contributed by atoms with E-state index in [0.717, 1.165) is 95.8 Å². The maximum atomic E-state index is 13.1. The quantitative estimate of drug-likeness (QED) is 0.0222. The number of esters is 4. The SMILES string of the molecule is CCCCCCCCCCCCCCCCCCCCC(=O)O[C@H](COC(=O)CCCCCCCCCCCCCCCC)COP(=O)(O)OC[C@@H](O)COP(=O)(O)OC[C@@H](COC(=O)CCCCCCCCCCCCCCC)OC(=O)CCCCCCCCCCCCC(C)C. The van der Waals surface area contributed by atoms with Gasteiger partial charge in [0.15, 0.2) is 12.2 Å². The lowest BCUT2D eigenvalue weighted by Gasteiger charge is -2.21. The first-order chi connectivity index (χ1) is 47.5. The van der Waals surface area contributed by atoms with Crippen LogP contribution in [0.1, 0.15) is 420 Å². The number of ether oxygens (including phenoxy) is 4. The average molecular weight is 1440 g/mol. The van der Waals surface area contributed by atoms with E-state index in [2.05, 4.69) is 34.6 Å². The molecular formula is C79H154O17P2. The summed E-state index contributed by atoms with van der Waals surface area (Å²) in [5.41, 5.74) is 0. The summed E-state index contributed by atoms with van der Waals surface area (Å²) in [6.07, 6.45) is 62.3. The number of carbonyl (C=O) groups excluding carboxylic acids is 4. The predicted octanol–water partition coefficient (Wildman–Crippen LogP) is 23.6. The molecule has 98 heavy (non-hydrogen) atoms. The van der Waals surface area contributed by atoms with Crippen molar-refractivity contribution in [2.75, 3.05) is 39.6 Å². The fourth-order valence-electron chi connectivity index (χ4n) is 12.2. The zero-order chi connectivity index (χ0) is 71.9. The van der Waals surface area contributed by atoms with Crippen LogP contribution < -0.4 is 0 Å². The molecule has 2 unspecified atom stereocenters. The molecule has 3 N–H and O–H groups in total. The van der Waals surface area contributed by atoms with Crippen LogP contribution in [0.4, 0.5) is 0 Å². The van der Waals surface area contributed by atoms with Crippen molar-refractivity contribution in [3.63, 3.8) is 0 Å². The highest BCUT2D eigenvalue weighted by Gasteiger charge is 2.30. The molecule has 0 aromatic heterocycles. The molecule has 0 bridgehead atoms. The molecule has 0 aliphatic rings. The second-order valence-electron chi connectivity index (χ2n) is 28.9. The molecule has 0 aliphatic heterocycles. The number of hydrogen-bond donors (Lipinski definition) is 3. The Balaban J connectivity index is 5.25. The van der Waals surface area contributed by atoms with Gasteiger partial charge in [-0.05, 0) is 31.6 Å². The molecule has 17 nitrogen and oxygen atoms in total. The molecule has 0 spiro atoms. The average Bonchev–Trinajstić information content (AvgIpc) is 1.22. The molecule has 582 valence electrons. The molecule has 5 atom stereocenters. The molecule has 0 heterocycles. The highest BCUT2D eigenvalue weighted by Crippen LogP contribution is 2.45. The fourth-order valence-corrected chi connectivity index (χ4v) is 13.8. The van der Waals surface area contributed by atoms with E-state index in [4.69, 9.17) is 37.0 Å².